The van der Waals surface area contributed by atoms with Gasteiger partial charge in [-0.15, -0.1) is 0 Å². The van der Waals surface area contributed by atoms with E-state index in [9.17, 15) is 27.2 Å². The molecule has 0 spiro atoms. The number of alkyl halides is 3. The summed E-state index contributed by atoms with van der Waals surface area (Å²) in [6, 6.07) is 2.25. The first-order valence-corrected chi connectivity index (χ1v) is 11.6. The number of benzene rings is 1. The molecular formula is C23H26F4N6O2. The first-order valence-electron chi connectivity index (χ1n) is 11.6. The van der Waals surface area contributed by atoms with Crippen molar-refractivity contribution in [1.82, 2.24) is 24.9 Å². The van der Waals surface area contributed by atoms with Crippen molar-refractivity contribution >= 4 is 17.8 Å². The lowest BCUT2D eigenvalue weighted by Crippen LogP contribution is -2.59. The maximum absolute atomic E-state index is 14.2. The van der Waals surface area contributed by atoms with Crippen LogP contribution in [0.5, 0.6) is 0 Å². The summed E-state index contributed by atoms with van der Waals surface area (Å²) < 4.78 is 54.3. The molecule has 3 amide bonds. The Labute approximate surface area is 199 Å². The Hall–Kier alpha value is -3.15. The SMILES string of the molecule is CC1c2[nH]nc(NC(=O)c3c(F)cccc3C(F)(F)F)c2CN1C(=O)N1C[C@@H]2CCCN2C[C@@H]1C. The zero-order chi connectivity index (χ0) is 25.1. The molecule has 8 nitrogen and oxygen atoms in total. The van der Waals surface area contributed by atoms with Gasteiger partial charge in [0.1, 0.15) is 5.82 Å². The van der Waals surface area contributed by atoms with Crippen LogP contribution in [-0.4, -0.2) is 68.6 Å². The molecule has 0 aliphatic carbocycles. The number of urea groups is 1. The molecule has 1 aromatic heterocycles. The van der Waals surface area contributed by atoms with Crippen molar-refractivity contribution in [2.75, 3.05) is 25.0 Å². The summed E-state index contributed by atoms with van der Waals surface area (Å²) in [5.41, 5.74) is -1.38. The standard InChI is InChI=1S/C23H26F4N6O2/c1-12-9-31-8-4-5-14(31)10-32(12)22(35)33-11-15-19(13(33)2)29-30-20(15)28-21(34)18-16(23(25,26)27)6-3-7-17(18)24/h3,6-7,12-14H,4-5,8-11H2,1-2H3,(H2,28,29,30,34)/t12-,13?,14-/m0/s1. The molecule has 12 heteroatoms. The van der Waals surface area contributed by atoms with Gasteiger partial charge in [-0.2, -0.15) is 18.3 Å². The molecule has 35 heavy (non-hydrogen) atoms. The second-order valence-corrected chi connectivity index (χ2v) is 9.46. The number of nitrogens with one attached hydrogen (secondary N) is 2. The minimum Gasteiger partial charge on any atom is -0.319 e. The third-order valence-electron chi connectivity index (χ3n) is 7.32. The maximum atomic E-state index is 14.2. The van der Waals surface area contributed by atoms with E-state index in [0.717, 1.165) is 38.1 Å². The van der Waals surface area contributed by atoms with Gasteiger partial charge in [0.2, 0.25) is 0 Å². The number of fused-ring (bicyclic) bond motifs is 2. The summed E-state index contributed by atoms with van der Waals surface area (Å²) in [5.74, 6) is -2.56. The quantitative estimate of drug-likeness (QED) is 0.619. The number of piperazine rings is 1. The van der Waals surface area contributed by atoms with E-state index < -0.39 is 29.0 Å². The highest BCUT2D eigenvalue weighted by molar-refractivity contribution is 6.05. The Morgan fingerprint density at radius 1 is 1.17 bits per heavy atom. The van der Waals surface area contributed by atoms with Gasteiger partial charge in [-0.3, -0.25) is 14.8 Å². The van der Waals surface area contributed by atoms with Crippen LogP contribution >= 0.6 is 0 Å². The van der Waals surface area contributed by atoms with Crippen LogP contribution in [0.2, 0.25) is 0 Å². The van der Waals surface area contributed by atoms with Crippen molar-refractivity contribution in [2.24, 2.45) is 0 Å². The maximum Gasteiger partial charge on any atom is 0.417 e. The van der Waals surface area contributed by atoms with Crippen molar-refractivity contribution in [3.05, 3.63) is 46.4 Å². The molecule has 0 bridgehead atoms. The fraction of sp³-hybridized carbons (Fsp3) is 0.522. The van der Waals surface area contributed by atoms with Gasteiger partial charge in [0.15, 0.2) is 5.82 Å². The summed E-state index contributed by atoms with van der Waals surface area (Å²) in [5, 5.41) is 9.12. The summed E-state index contributed by atoms with van der Waals surface area (Å²) >= 11 is 0. The van der Waals surface area contributed by atoms with Crippen LogP contribution in [0.25, 0.3) is 0 Å². The predicted octanol–water partition coefficient (Wildman–Crippen LogP) is 3.99. The number of H-pyrrole nitrogens is 1. The second kappa shape index (κ2) is 8.51. The van der Waals surface area contributed by atoms with Crippen molar-refractivity contribution in [3.8, 4) is 0 Å². The Kier molecular flexibility index (Phi) is 5.73. The van der Waals surface area contributed by atoms with E-state index in [2.05, 4.69) is 20.4 Å². The molecule has 5 rings (SSSR count). The highest BCUT2D eigenvalue weighted by Gasteiger charge is 2.43. The molecule has 2 fully saturated rings. The molecule has 0 radical (unpaired) electrons. The van der Waals surface area contributed by atoms with Crippen LogP contribution in [0.4, 0.5) is 28.2 Å². The highest BCUT2D eigenvalue weighted by Crippen LogP contribution is 2.38. The van der Waals surface area contributed by atoms with Crippen molar-refractivity contribution in [1.29, 1.82) is 0 Å². The van der Waals surface area contributed by atoms with Gasteiger partial charge in [-0.1, -0.05) is 6.07 Å². The zero-order valence-corrected chi connectivity index (χ0v) is 19.3. The molecule has 3 atom stereocenters. The third-order valence-corrected chi connectivity index (χ3v) is 7.32. The largest absolute Gasteiger partial charge is 0.417 e. The minimum absolute atomic E-state index is 0.0165. The van der Waals surface area contributed by atoms with E-state index in [4.69, 9.17) is 0 Å². The monoisotopic (exact) mass is 494 g/mol. The summed E-state index contributed by atoms with van der Waals surface area (Å²) in [6.45, 7) is 6.48. The number of rotatable bonds is 2. The van der Waals surface area contributed by atoms with Gasteiger partial charge in [0, 0.05) is 30.7 Å². The van der Waals surface area contributed by atoms with Crippen molar-refractivity contribution in [2.45, 2.75) is 57.5 Å². The third kappa shape index (κ3) is 4.03. The molecular weight excluding hydrogens is 468 g/mol. The summed E-state index contributed by atoms with van der Waals surface area (Å²) in [4.78, 5) is 32.1. The van der Waals surface area contributed by atoms with Gasteiger partial charge >= 0.3 is 12.2 Å². The van der Waals surface area contributed by atoms with Gasteiger partial charge < -0.3 is 15.1 Å². The van der Waals surface area contributed by atoms with E-state index >= 15 is 0 Å². The second-order valence-electron chi connectivity index (χ2n) is 9.46. The molecule has 2 aromatic rings. The number of aromatic amines is 1. The average Bonchev–Trinajstić information content (AvgIpc) is 3.49. The van der Waals surface area contributed by atoms with E-state index in [1.807, 2.05) is 18.7 Å². The minimum atomic E-state index is -4.90. The Morgan fingerprint density at radius 2 is 1.94 bits per heavy atom. The lowest BCUT2D eigenvalue weighted by atomic mass is 10.1. The van der Waals surface area contributed by atoms with E-state index in [1.165, 1.54) is 0 Å². The highest BCUT2D eigenvalue weighted by atomic mass is 19.4. The molecule has 3 aliphatic heterocycles. The number of halogens is 4. The zero-order valence-electron chi connectivity index (χ0n) is 19.3. The lowest BCUT2D eigenvalue weighted by molar-refractivity contribution is -0.138. The van der Waals surface area contributed by atoms with Crippen molar-refractivity contribution in [3.63, 3.8) is 0 Å². The van der Waals surface area contributed by atoms with Crippen LogP contribution < -0.4 is 5.32 Å². The number of carbonyl (C=O) groups excluding carboxylic acids is 2. The van der Waals surface area contributed by atoms with Gasteiger partial charge in [-0.25, -0.2) is 9.18 Å². The molecule has 2 saturated heterocycles. The van der Waals surface area contributed by atoms with E-state index in [-0.39, 0.29) is 30.5 Å². The van der Waals surface area contributed by atoms with E-state index in [1.54, 1.807) is 4.90 Å². The molecule has 1 unspecified atom stereocenters. The topological polar surface area (TPSA) is 84.6 Å². The van der Waals surface area contributed by atoms with Crippen LogP contribution in [0.15, 0.2) is 18.2 Å². The first-order chi connectivity index (χ1) is 16.6. The lowest BCUT2D eigenvalue weighted by Gasteiger charge is -2.44. The summed E-state index contributed by atoms with van der Waals surface area (Å²) in [7, 11) is 0. The molecule has 1 aromatic carbocycles. The number of hydrogen-bond donors (Lipinski definition) is 2. The fourth-order valence-corrected chi connectivity index (χ4v) is 5.46. The normalized spacial score (nSPS) is 24.5. The van der Waals surface area contributed by atoms with Crippen LogP contribution in [0, 0.1) is 5.82 Å². The van der Waals surface area contributed by atoms with Gasteiger partial charge in [-0.05, 0) is 45.4 Å². The molecule has 3 aliphatic rings. The summed E-state index contributed by atoms with van der Waals surface area (Å²) in [6.07, 6.45) is -2.72. The molecule has 188 valence electrons. The van der Waals surface area contributed by atoms with E-state index in [0.29, 0.717) is 29.9 Å². The average molecular weight is 494 g/mol. The Bertz CT molecular complexity index is 1170. The number of nitrogens with zero attached hydrogens (tertiary/aromatic N) is 4. The van der Waals surface area contributed by atoms with Crippen LogP contribution in [0.1, 0.15) is 59.9 Å². The number of amides is 3. The number of aromatic nitrogens is 2. The van der Waals surface area contributed by atoms with Gasteiger partial charge in [0.05, 0.1) is 29.4 Å². The smallest absolute Gasteiger partial charge is 0.319 e. The van der Waals surface area contributed by atoms with Gasteiger partial charge in [0.25, 0.3) is 5.91 Å². The fourth-order valence-electron chi connectivity index (χ4n) is 5.46. The molecule has 4 heterocycles. The molecule has 2 N–H and O–H groups in total. The van der Waals surface area contributed by atoms with Crippen LogP contribution in [-0.2, 0) is 12.7 Å². The number of carbonyl (C=O) groups is 2. The van der Waals surface area contributed by atoms with Crippen molar-refractivity contribution < 1.29 is 27.2 Å². The molecule has 0 saturated carbocycles. The number of hydrogen-bond acceptors (Lipinski definition) is 4. The number of anilines is 1. The first kappa shape index (κ1) is 23.6. The van der Waals surface area contributed by atoms with Crippen LogP contribution in [0.3, 0.4) is 0 Å². The Morgan fingerprint density at radius 3 is 2.69 bits per heavy atom. The Balaban J connectivity index is 1.35. The predicted molar refractivity (Wildman–Crippen MR) is 118 cm³/mol.